The highest BCUT2D eigenvalue weighted by molar-refractivity contribution is 5.93. The lowest BCUT2D eigenvalue weighted by molar-refractivity contribution is 0.0942. The van der Waals surface area contributed by atoms with Crippen molar-refractivity contribution in [3.05, 3.63) is 65.7 Å². The fraction of sp³-hybridized carbons (Fsp3) is 0.318. The van der Waals surface area contributed by atoms with Crippen LogP contribution in [0.2, 0.25) is 0 Å². The highest BCUT2D eigenvalue weighted by atomic mass is 19.1. The van der Waals surface area contributed by atoms with Gasteiger partial charge in [0.25, 0.3) is 5.91 Å². The van der Waals surface area contributed by atoms with E-state index in [-0.39, 0.29) is 22.9 Å². The average Bonchev–Trinajstić information content (AvgIpc) is 3.23. The Morgan fingerprint density at radius 2 is 2.03 bits per heavy atom. The van der Waals surface area contributed by atoms with Crippen molar-refractivity contribution < 1.29 is 13.7 Å². The van der Waals surface area contributed by atoms with Crippen LogP contribution in [-0.2, 0) is 6.54 Å². The third-order valence-electron chi connectivity index (χ3n) is 5.25. The molecule has 0 unspecified atom stereocenters. The molecule has 1 fully saturated rings. The van der Waals surface area contributed by atoms with Crippen LogP contribution in [0, 0.1) is 11.7 Å². The van der Waals surface area contributed by atoms with Gasteiger partial charge >= 0.3 is 0 Å². The number of halogens is 1. The number of benzene rings is 1. The lowest BCUT2D eigenvalue weighted by Gasteiger charge is -2.31. The van der Waals surface area contributed by atoms with E-state index in [9.17, 15) is 9.18 Å². The molecule has 1 aromatic carbocycles. The first-order chi connectivity index (χ1) is 14.1. The van der Waals surface area contributed by atoms with Gasteiger partial charge in [0.15, 0.2) is 11.5 Å². The van der Waals surface area contributed by atoms with Gasteiger partial charge in [0.05, 0.1) is 5.56 Å². The monoisotopic (exact) mass is 394 g/mol. The molecule has 3 heterocycles. The van der Waals surface area contributed by atoms with Gasteiger partial charge in [-0.2, -0.15) is 0 Å². The van der Waals surface area contributed by atoms with Gasteiger partial charge in [0.1, 0.15) is 11.6 Å². The average molecular weight is 394 g/mol. The molecule has 1 amide bonds. The topological polar surface area (TPSA) is 71.3 Å². The summed E-state index contributed by atoms with van der Waals surface area (Å²) in [5.74, 6) is 1.15. The summed E-state index contributed by atoms with van der Waals surface area (Å²) in [5, 5.41) is 6.54. The summed E-state index contributed by atoms with van der Waals surface area (Å²) in [5.41, 5.74) is 1.27. The molecule has 29 heavy (non-hydrogen) atoms. The zero-order valence-corrected chi connectivity index (χ0v) is 16.3. The Morgan fingerprint density at radius 3 is 2.76 bits per heavy atom. The Morgan fingerprint density at radius 1 is 1.24 bits per heavy atom. The van der Waals surface area contributed by atoms with Crippen LogP contribution in [0.4, 0.5) is 10.2 Å². The zero-order chi connectivity index (χ0) is 20.2. The maximum Gasteiger partial charge on any atom is 0.273 e. The van der Waals surface area contributed by atoms with Crippen molar-refractivity contribution in [2.24, 2.45) is 5.92 Å². The van der Waals surface area contributed by atoms with Crippen LogP contribution in [0.3, 0.4) is 0 Å². The van der Waals surface area contributed by atoms with Crippen LogP contribution in [0.5, 0.6) is 0 Å². The molecule has 0 radical (unpaired) electrons. The number of carbonyl (C=O) groups excluding carboxylic acids is 1. The molecule has 1 N–H and O–H groups in total. The molecule has 150 valence electrons. The zero-order valence-electron chi connectivity index (χ0n) is 16.3. The van der Waals surface area contributed by atoms with Crippen molar-refractivity contribution in [2.75, 3.05) is 18.0 Å². The second kappa shape index (κ2) is 8.43. The Kier molecular flexibility index (Phi) is 5.55. The van der Waals surface area contributed by atoms with E-state index in [1.807, 2.05) is 12.1 Å². The van der Waals surface area contributed by atoms with Gasteiger partial charge in [0, 0.05) is 31.9 Å². The van der Waals surface area contributed by atoms with Crippen molar-refractivity contribution in [2.45, 2.75) is 26.3 Å². The molecule has 6 nitrogen and oxygen atoms in total. The maximum atomic E-state index is 13.8. The predicted octanol–water partition coefficient (Wildman–Crippen LogP) is 4.04. The molecule has 2 aromatic heterocycles. The number of amides is 1. The number of carbonyl (C=O) groups is 1. The van der Waals surface area contributed by atoms with E-state index in [4.69, 9.17) is 4.52 Å². The first-order valence-electron chi connectivity index (χ1n) is 9.80. The number of nitrogens with one attached hydrogen (secondary N) is 1. The normalized spacial score (nSPS) is 14.8. The molecule has 0 bridgehead atoms. The minimum absolute atomic E-state index is 0.107. The first kappa shape index (κ1) is 19.1. The van der Waals surface area contributed by atoms with E-state index < -0.39 is 5.82 Å². The van der Waals surface area contributed by atoms with Crippen molar-refractivity contribution in [3.8, 4) is 11.3 Å². The molecule has 7 heteroatoms. The summed E-state index contributed by atoms with van der Waals surface area (Å²) in [6, 6.07) is 11.6. The van der Waals surface area contributed by atoms with Crippen molar-refractivity contribution >= 4 is 11.7 Å². The van der Waals surface area contributed by atoms with Gasteiger partial charge in [-0.25, -0.2) is 9.37 Å². The Bertz CT molecular complexity index is 978. The Labute approximate surface area is 168 Å². The molecular weight excluding hydrogens is 371 g/mol. The van der Waals surface area contributed by atoms with Crippen LogP contribution in [0.1, 0.15) is 35.8 Å². The minimum atomic E-state index is -0.426. The summed E-state index contributed by atoms with van der Waals surface area (Å²) in [6.45, 7) is 4.66. The Hall–Kier alpha value is -3.22. The number of rotatable bonds is 5. The summed E-state index contributed by atoms with van der Waals surface area (Å²) in [4.78, 5) is 19.2. The Balaban J connectivity index is 1.35. The number of hydrogen-bond donors (Lipinski definition) is 1. The number of hydrogen-bond acceptors (Lipinski definition) is 5. The fourth-order valence-electron chi connectivity index (χ4n) is 3.39. The van der Waals surface area contributed by atoms with E-state index in [0.29, 0.717) is 6.54 Å². The van der Waals surface area contributed by atoms with Gasteiger partial charge in [0.2, 0.25) is 0 Å². The molecule has 4 rings (SSSR count). The predicted molar refractivity (Wildman–Crippen MR) is 108 cm³/mol. The summed E-state index contributed by atoms with van der Waals surface area (Å²) < 4.78 is 19.0. The molecule has 0 saturated carbocycles. The largest absolute Gasteiger partial charge is 0.357 e. The molecule has 0 aliphatic carbocycles. The van der Waals surface area contributed by atoms with Crippen LogP contribution in [0.15, 0.2) is 53.2 Å². The van der Waals surface area contributed by atoms with Crippen LogP contribution < -0.4 is 10.2 Å². The van der Waals surface area contributed by atoms with Crippen LogP contribution >= 0.6 is 0 Å². The first-order valence-corrected chi connectivity index (χ1v) is 9.80. The molecule has 1 aliphatic rings. The van der Waals surface area contributed by atoms with Gasteiger partial charge in [-0.05, 0) is 42.5 Å². The quantitative estimate of drug-likeness (QED) is 0.707. The number of pyridine rings is 1. The maximum absolute atomic E-state index is 13.8. The highest BCUT2D eigenvalue weighted by Gasteiger charge is 2.18. The van der Waals surface area contributed by atoms with Crippen LogP contribution in [-0.4, -0.2) is 29.1 Å². The van der Waals surface area contributed by atoms with Crippen molar-refractivity contribution in [3.63, 3.8) is 0 Å². The molecule has 3 aromatic rings. The van der Waals surface area contributed by atoms with Crippen molar-refractivity contribution in [1.29, 1.82) is 0 Å². The van der Waals surface area contributed by atoms with E-state index in [2.05, 4.69) is 27.3 Å². The number of nitrogens with zero attached hydrogens (tertiary/aromatic N) is 3. The van der Waals surface area contributed by atoms with E-state index in [0.717, 1.165) is 30.4 Å². The summed E-state index contributed by atoms with van der Waals surface area (Å²) in [6.07, 6.45) is 4.15. The lowest BCUT2D eigenvalue weighted by atomic mass is 9.99. The fourth-order valence-corrected chi connectivity index (χ4v) is 3.39. The van der Waals surface area contributed by atoms with Gasteiger partial charge < -0.3 is 14.7 Å². The third kappa shape index (κ3) is 4.45. The van der Waals surface area contributed by atoms with Gasteiger partial charge in [-0.15, -0.1) is 0 Å². The molecule has 1 saturated heterocycles. The van der Waals surface area contributed by atoms with E-state index in [1.54, 1.807) is 24.4 Å². The number of anilines is 1. The molecular formula is C22H23FN4O2. The van der Waals surface area contributed by atoms with Gasteiger partial charge in [-0.1, -0.05) is 30.3 Å². The second-order valence-corrected chi connectivity index (χ2v) is 7.43. The standard InChI is InChI=1S/C22H23FN4O2/c1-15-8-10-27(11-9-15)21-7-6-16(13-24-21)14-25-22(28)19-12-20(29-26-19)17-4-2-3-5-18(17)23/h2-7,12-13,15H,8-11,14H2,1H3,(H,25,28). The smallest absolute Gasteiger partial charge is 0.273 e. The molecule has 0 spiro atoms. The highest BCUT2D eigenvalue weighted by Crippen LogP contribution is 2.23. The lowest BCUT2D eigenvalue weighted by Crippen LogP contribution is -2.33. The number of piperidine rings is 1. The van der Waals surface area contributed by atoms with E-state index in [1.165, 1.54) is 25.0 Å². The molecule has 1 aliphatic heterocycles. The van der Waals surface area contributed by atoms with Crippen LogP contribution in [0.25, 0.3) is 11.3 Å². The summed E-state index contributed by atoms with van der Waals surface area (Å²) in [7, 11) is 0. The third-order valence-corrected chi connectivity index (χ3v) is 5.25. The van der Waals surface area contributed by atoms with E-state index >= 15 is 0 Å². The SMILES string of the molecule is CC1CCN(c2ccc(CNC(=O)c3cc(-c4ccccc4F)on3)cn2)CC1. The summed E-state index contributed by atoms with van der Waals surface area (Å²) >= 11 is 0. The molecule has 0 atom stereocenters. The van der Waals surface area contributed by atoms with Crippen molar-refractivity contribution in [1.82, 2.24) is 15.5 Å². The second-order valence-electron chi connectivity index (χ2n) is 7.43. The number of aromatic nitrogens is 2. The minimum Gasteiger partial charge on any atom is -0.357 e. The van der Waals surface area contributed by atoms with Gasteiger partial charge in [-0.3, -0.25) is 4.79 Å².